The first-order valence-corrected chi connectivity index (χ1v) is 5.51. The molecule has 2 rings (SSSR count). The maximum Gasteiger partial charge on any atom is 0.227 e. The number of aryl methyl sites for hydroxylation is 2. The van der Waals surface area contributed by atoms with Gasteiger partial charge in [0.05, 0.1) is 17.1 Å². The molecule has 1 aromatic heterocycles. The van der Waals surface area contributed by atoms with Gasteiger partial charge in [-0.3, -0.25) is 9.89 Å². The van der Waals surface area contributed by atoms with Crippen molar-refractivity contribution < 1.29 is 4.79 Å². The van der Waals surface area contributed by atoms with Crippen molar-refractivity contribution in [3.05, 3.63) is 11.4 Å². The van der Waals surface area contributed by atoms with Crippen LogP contribution in [0.1, 0.15) is 37.1 Å². The highest BCUT2D eigenvalue weighted by Crippen LogP contribution is 2.27. The van der Waals surface area contributed by atoms with Crippen molar-refractivity contribution in [2.45, 2.75) is 39.5 Å². The zero-order chi connectivity index (χ0) is 10.8. The highest BCUT2D eigenvalue weighted by Gasteiger charge is 2.23. The number of carbonyl (C=O) groups excluding carboxylic acids is 1. The van der Waals surface area contributed by atoms with Gasteiger partial charge in [0.1, 0.15) is 0 Å². The quantitative estimate of drug-likeness (QED) is 0.780. The van der Waals surface area contributed by atoms with E-state index in [4.69, 9.17) is 0 Å². The Morgan fingerprint density at radius 2 is 2.07 bits per heavy atom. The van der Waals surface area contributed by atoms with E-state index in [0.29, 0.717) is 0 Å². The van der Waals surface area contributed by atoms with Gasteiger partial charge < -0.3 is 5.32 Å². The number of rotatable bonds is 2. The van der Waals surface area contributed by atoms with E-state index < -0.39 is 0 Å². The summed E-state index contributed by atoms with van der Waals surface area (Å²) in [6.07, 6.45) is 4.42. The van der Waals surface area contributed by atoms with E-state index in [-0.39, 0.29) is 11.8 Å². The van der Waals surface area contributed by atoms with Gasteiger partial charge in [0.15, 0.2) is 0 Å². The Balaban J connectivity index is 2.05. The topological polar surface area (TPSA) is 57.8 Å². The van der Waals surface area contributed by atoms with Crippen molar-refractivity contribution in [3.63, 3.8) is 0 Å². The molecule has 0 aromatic carbocycles. The summed E-state index contributed by atoms with van der Waals surface area (Å²) in [6.45, 7) is 3.82. The summed E-state index contributed by atoms with van der Waals surface area (Å²) in [6, 6.07) is 0. The summed E-state index contributed by atoms with van der Waals surface area (Å²) in [7, 11) is 0. The molecule has 0 spiro atoms. The molecule has 1 heterocycles. The maximum absolute atomic E-state index is 11.9. The van der Waals surface area contributed by atoms with Gasteiger partial charge in [0.25, 0.3) is 0 Å². The Morgan fingerprint density at radius 1 is 1.40 bits per heavy atom. The maximum atomic E-state index is 11.9. The summed E-state index contributed by atoms with van der Waals surface area (Å²) in [4.78, 5) is 11.9. The fourth-order valence-corrected chi connectivity index (χ4v) is 2.15. The molecule has 0 bridgehead atoms. The van der Waals surface area contributed by atoms with Crippen LogP contribution in [0.25, 0.3) is 0 Å². The van der Waals surface area contributed by atoms with Gasteiger partial charge >= 0.3 is 0 Å². The Morgan fingerprint density at radius 3 is 2.60 bits per heavy atom. The average molecular weight is 207 g/mol. The van der Waals surface area contributed by atoms with E-state index in [2.05, 4.69) is 15.5 Å². The molecule has 0 saturated heterocycles. The van der Waals surface area contributed by atoms with E-state index >= 15 is 0 Å². The second kappa shape index (κ2) is 4.04. The highest BCUT2D eigenvalue weighted by atomic mass is 16.1. The Kier molecular flexibility index (Phi) is 2.75. The number of amides is 1. The van der Waals surface area contributed by atoms with Gasteiger partial charge in [-0.1, -0.05) is 12.8 Å². The van der Waals surface area contributed by atoms with Crippen molar-refractivity contribution >= 4 is 11.6 Å². The monoisotopic (exact) mass is 207 g/mol. The number of aromatic amines is 1. The van der Waals surface area contributed by atoms with E-state index in [1.54, 1.807) is 0 Å². The van der Waals surface area contributed by atoms with Gasteiger partial charge in [-0.2, -0.15) is 5.10 Å². The molecule has 4 nitrogen and oxygen atoms in total. The molecular formula is C11H17N3O. The molecule has 2 N–H and O–H groups in total. The highest BCUT2D eigenvalue weighted by molar-refractivity contribution is 5.93. The van der Waals surface area contributed by atoms with Crippen molar-refractivity contribution in [1.82, 2.24) is 10.2 Å². The third kappa shape index (κ3) is 2.03. The summed E-state index contributed by atoms with van der Waals surface area (Å²) in [5.74, 6) is 0.360. The van der Waals surface area contributed by atoms with Crippen LogP contribution in [-0.2, 0) is 4.79 Å². The van der Waals surface area contributed by atoms with Gasteiger partial charge in [-0.25, -0.2) is 0 Å². The van der Waals surface area contributed by atoms with Gasteiger partial charge in [-0.05, 0) is 26.7 Å². The number of H-pyrrole nitrogens is 1. The standard InChI is InChI=1S/C11H17N3O/c1-7-10(8(2)14-13-7)12-11(15)9-5-3-4-6-9/h9H,3-6H2,1-2H3,(H,12,15)(H,13,14). The van der Waals surface area contributed by atoms with Crippen LogP contribution in [0.2, 0.25) is 0 Å². The van der Waals surface area contributed by atoms with Gasteiger partial charge in [0, 0.05) is 5.92 Å². The molecule has 0 radical (unpaired) electrons. The SMILES string of the molecule is Cc1n[nH]c(C)c1NC(=O)C1CCCC1. The largest absolute Gasteiger partial charge is 0.323 e. The van der Waals surface area contributed by atoms with Crippen LogP contribution >= 0.6 is 0 Å². The third-order valence-electron chi connectivity index (χ3n) is 3.10. The second-order valence-corrected chi connectivity index (χ2v) is 4.28. The van der Waals surface area contributed by atoms with Crippen LogP contribution in [0.15, 0.2) is 0 Å². The normalized spacial score (nSPS) is 16.9. The van der Waals surface area contributed by atoms with Crippen LogP contribution in [0.5, 0.6) is 0 Å². The van der Waals surface area contributed by atoms with Crippen LogP contribution in [-0.4, -0.2) is 16.1 Å². The van der Waals surface area contributed by atoms with Crippen molar-refractivity contribution in [1.29, 1.82) is 0 Å². The molecule has 1 amide bonds. The van der Waals surface area contributed by atoms with Gasteiger partial charge in [0.2, 0.25) is 5.91 Å². The molecule has 1 aliphatic rings. The molecule has 0 atom stereocenters. The smallest absolute Gasteiger partial charge is 0.227 e. The summed E-state index contributed by atoms with van der Waals surface area (Å²) in [5, 5.41) is 9.89. The molecule has 0 aliphatic heterocycles. The summed E-state index contributed by atoms with van der Waals surface area (Å²) in [5.41, 5.74) is 2.64. The van der Waals surface area contributed by atoms with Crippen molar-refractivity contribution in [2.75, 3.05) is 5.32 Å². The fourth-order valence-electron chi connectivity index (χ4n) is 2.15. The van der Waals surface area contributed by atoms with Crippen molar-refractivity contribution in [3.8, 4) is 0 Å². The molecule has 82 valence electrons. The lowest BCUT2D eigenvalue weighted by atomic mass is 10.1. The Hall–Kier alpha value is -1.32. The predicted octanol–water partition coefficient (Wildman–Crippen LogP) is 2.16. The Bertz CT molecular complexity index is 344. The molecule has 1 fully saturated rings. The summed E-state index contributed by atoms with van der Waals surface area (Å²) >= 11 is 0. The number of nitrogens with one attached hydrogen (secondary N) is 2. The minimum absolute atomic E-state index is 0.153. The zero-order valence-corrected chi connectivity index (χ0v) is 9.26. The van der Waals surface area contributed by atoms with Crippen LogP contribution in [0.4, 0.5) is 5.69 Å². The molecule has 1 saturated carbocycles. The first-order chi connectivity index (χ1) is 7.18. The van der Waals surface area contributed by atoms with Crippen LogP contribution in [0, 0.1) is 19.8 Å². The van der Waals surface area contributed by atoms with Crippen molar-refractivity contribution in [2.24, 2.45) is 5.92 Å². The van der Waals surface area contributed by atoms with Crippen LogP contribution in [0.3, 0.4) is 0 Å². The summed E-state index contributed by atoms with van der Waals surface area (Å²) < 4.78 is 0. The Labute approximate surface area is 89.5 Å². The number of nitrogens with zero attached hydrogens (tertiary/aromatic N) is 1. The lowest BCUT2D eigenvalue weighted by molar-refractivity contribution is -0.119. The molecule has 15 heavy (non-hydrogen) atoms. The minimum atomic E-state index is 0.153. The first kappa shape index (κ1) is 10.2. The molecule has 1 aromatic rings. The number of anilines is 1. The second-order valence-electron chi connectivity index (χ2n) is 4.28. The van der Waals surface area contributed by atoms with E-state index in [1.165, 1.54) is 12.8 Å². The lowest BCUT2D eigenvalue weighted by Gasteiger charge is -2.10. The number of hydrogen-bond acceptors (Lipinski definition) is 2. The van der Waals surface area contributed by atoms with E-state index in [9.17, 15) is 4.79 Å². The lowest BCUT2D eigenvalue weighted by Crippen LogP contribution is -2.20. The minimum Gasteiger partial charge on any atom is -0.323 e. The molecule has 0 unspecified atom stereocenters. The first-order valence-electron chi connectivity index (χ1n) is 5.51. The molecular weight excluding hydrogens is 190 g/mol. The molecule has 1 aliphatic carbocycles. The van der Waals surface area contributed by atoms with Gasteiger partial charge in [-0.15, -0.1) is 0 Å². The fraction of sp³-hybridized carbons (Fsp3) is 0.636. The third-order valence-corrected chi connectivity index (χ3v) is 3.10. The van der Waals surface area contributed by atoms with E-state index in [0.717, 1.165) is 29.9 Å². The van der Waals surface area contributed by atoms with E-state index in [1.807, 2.05) is 13.8 Å². The number of carbonyl (C=O) groups is 1. The van der Waals surface area contributed by atoms with Crippen LogP contribution < -0.4 is 5.32 Å². The zero-order valence-electron chi connectivity index (χ0n) is 9.26. The average Bonchev–Trinajstić information content (AvgIpc) is 2.82. The number of aromatic nitrogens is 2. The number of hydrogen-bond donors (Lipinski definition) is 2. The predicted molar refractivity (Wildman–Crippen MR) is 58.6 cm³/mol. The molecule has 4 heteroatoms.